The molecule has 0 aliphatic heterocycles. The highest BCUT2D eigenvalue weighted by Gasteiger charge is 2.23. The number of benzene rings is 2. The van der Waals surface area contributed by atoms with Gasteiger partial charge in [-0.1, -0.05) is 15.9 Å². The highest BCUT2D eigenvalue weighted by atomic mass is 79.9. The van der Waals surface area contributed by atoms with E-state index in [0.29, 0.717) is 15.8 Å². The minimum Gasteiger partial charge on any atom is -0.496 e. The molecule has 0 bridgehead atoms. The first kappa shape index (κ1) is 20.3. The average molecular weight is 445 g/mol. The van der Waals surface area contributed by atoms with Gasteiger partial charge in [0.1, 0.15) is 11.6 Å². The van der Waals surface area contributed by atoms with Crippen LogP contribution in [0.2, 0.25) is 0 Å². The lowest BCUT2D eigenvalue weighted by Crippen LogP contribution is -2.41. The summed E-state index contributed by atoms with van der Waals surface area (Å²) in [6.07, 6.45) is 0. The number of anilines is 1. The molecule has 1 atom stereocenters. The SMILES string of the molecule is COc1ccc(S(=O)(=O)N[C@@H](C)C(=O)Nc2ccc(Br)cc2F)cc1C. The first-order valence-electron chi connectivity index (χ1n) is 7.57. The molecule has 0 saturated carbocycles. The minimum atomic E-state index is -3.93. The maximum absolute atomic E-state index is 13.8. The van der Waals surface area contributed by atoms with Gasteiger partial charge in [0.2, 0.25) is 15.9 Å². The number of halogens is 2. The Morgan fingerprint density at radius 3 is 2.50 bits per heavy atom. The molecule has 1 amide bonds. The van der Waals surface area contributed by atoms with Gasteiger partial charge in [0.25, 0.3) is 0 Å². The molecule has 0 aliphatic rings. The van der Waals surface area contributed by atoms with E-state index in [-0.39, 0.29) is 10.6 Å². The molecule has 0 heterocycles. The maximum Gasteiger partial charge on any atom is 0.242 e. The van der Waals surface area contributed by atoms with Crippen LogP contribution in [0.25, 0.3) is 0 Å². The summed E-state index contributed by atoms with van der Waals surface area (Å²) in [6, 6.07) is 7.40. The monoisotopic (exact) mass is 444 g/mol. The van der Waals surface area contributed by atoms with Gasteiger partial charge >= 0.3 is 0 Å². The van der Waals surface area contributed by atoms with Gasteiger partial charge < -0.3 is 10.1 Å². The molecule has 140 valence electrons. The molecular formula is C17H18BrFN2O4S. The molecule has 2 N–H and O–H groups in total. The first-order chi connectivity index (χ1) is 12.1. The second-order valence-corrected chi connectivity index (χ2v) is 8.22. The normalized spacial score (nSPS) is 12.5. The van der Waals surface area contributed by atoms with E-state index in [9.17, 15) is 17.6 Å². The summed E-state index contributed by atoms with van der Waals surface area (Å²) in [5.41, 5.74) is 0.606. The summed E-state index contributed by atoms with van der Waals surface area (Å²) in [6.45, 7) is 3.09. The van der Waals surface area contributed by atoms with Crippen molar-refractivity contribution in [3.63, 3.8) is 0 Å². The van der Waals surface area contributed by atoms with Crippen molar-refractivity contribution in [2.45, 2.75) is 24.8 Å². The molecule has 9 heteroatoms. The second kappa shape index (κ2) is 8.15. The van der Waals surface area contributed by atoms with Crippen molar-refractivity contribution < 1.29 is 22.3 Å². The van der Waals surface area contributed by atoms with Crippen molar-refractivity contribution in [1.29, 1.82) is 0 Å². The Hall–Kier alpha value is -1.97. The zero-order valence-corrected chi connectivity index (χ0v) is 16.7. The minimum absolute atomic E-state index is 0.00488. The van der Waals surface area contributed by atoms with E-state index >= 15 is 0 Å². The lowest BCUT2D eigenvalue weighted by Gasteiger charge is -2.15. The molecule has 0 unspecified atom stereocenters. The molecule has 0 aliphatic carbocycles. The van der Waals surface area contributed by atoms with Crippen molar-refractivity contribution >= 4 is 37.5 Å². The highest BCUT2D eigenvalue weighted by molar-refractivity contribution is 9.10. The van der Waals surface area contributed by atoms with Gasteiger partial charge in [-0.05, 0) is 55.8 Å². The molecule has 2 rings (SSSR count). The number of carbonyl (C=O) groups excluding carboxylic acids is 1. The van der Waals surface area contributed by atoms with Gasteiger partial charge in [0, 0.05) is 4.47 Å². The smallest absolute Gasteiger partial charge is 0.242 e. The van der Waals surface area contributed by atoms with E-state index in [2.05, 4.69) is 26.0 Å². The van der Waals surface area contributed by atoms with Crippen LogP contribution in [0.15, 0.2) is 45.8 Å². The van der Waals surface area contributed by atoms with Crippen LogP contribution in [0.1, 0.15) is 12.5 Å². The van der Waals surface area contributed by atoms with Gasteiger partial charge in [-0.25, -0.2) is 12.8 Å². The molecule has 0 spiro atoms. The Morgan fingerprint density at radius 1 is 1.23 bits per heavy atom. The van der Waals surface area contributed by atoms with Crippen LogP contribution in [-0.4, -0.2) is 27.5 Å². The number of sulfonamides is 1. The average Bonchev–Trinajstić information content (AvgIpc) is 2.56. The Morgan fingerprint density at radius 2 is 1.92 bits per heavy atom. The summed E-state index contributed by atoms with van der Waals surface area (Å²) in [7, 11) is -2.44. The Bertz CT molecular complexity index is 934. The van der Waals surface area contributed by atoms with Crippen molar-refractivity contribution in [2.75, 3.05) is 12.4 Å². The Kier molecular flexibility index (Phi) is 6.38. The third-order valence-corrected chi connectivity index (χ3v) is 5.62. The van der Waals surface area contributed by atoms with Crippen molar-refractivity contribution in [1.82, 2.24) is 4.72 Å². The van der Waals surface area contributed by atoms with Crippen molar-refractivity contribution in [3.8, 4) is 5.75 Å². The number of methoxy groups -OCH3 is 1. The molecule has 0 fully saturated rings. The van der Waals surface area contributed by atoms with Crippen LogP contribution < -0.4 is 14.8 Å². The standard InChI is InChI=1S/C17H18BrFN2O4S/c1-10-8-13(5-7-16(10)25-3)26(23,24)21-11(2)17(22)20-15-6-4-12(18)9-14(15)19/h4-9,11,21H,1-3H3,(H,20,22)/t11-/m0/s1. The summed E-state index contributed by atoms with van der Waals surface area (Å²) in [5.74, 6) is -0.756. The van der Waals surface area contributed by atoms with Gasteiger partial charge in [0.15, 0.2) is 0 Å². The molecule has 0 aromatic heterocycles. The summed E-state index contributed by atoms with van der Waals surface area (Å²) < 4.78 is 46.6. The fourth-order valence-corrected chi connectivity index (χ4v) is 3.83. The predicted molar refractivity (Wildman–Crippen MR) is 100 cm³/mol. The van der Waals surface area contributed by atoms with Crippen LogP contribution in [0.3, 0.4) is 0 Å². The summed E-state index contributed by atoms with van der Waals surface area (Å²) in [5, 5.41) is 2.36. The quantitative estimate of drug-likeness (QED) is 0.716. The molecular weight excluding hydrogens is 427 g/mol. The fourth-order valence-electron chi connectivity index (χ4n) is 2.20. The topological polar surface area (TPSA) is 84.5 Å². The zero-order valence-electron chi connectivity index (χ0n) is 14.3. The van der Waals surface area contributed by atoms with Crippen LogP contribution in [0.4, 0.5) is 10.1 Å². The van der Waals surface area contributed by atoms with E-state index in [1.54, 1.807) is 13.0 Å². The van der Waals surface area contributed by atoms with Gasteiger partial charge in [0.05, 0.1) is 23.7 Å². The van der Waals surface area contributed by atoms with Crippen molar-refractivity contribution in [3.05, 3.63) is 52.3 Å². The number of hydrogen-bond donors (Lipinski definition) is 2. The Balaban J connectivity index is 2.13. The first-order valence-corrected chi connectivity index (χ1v) is 9.84. The molecule has 26 heavy (non-hydrogen) atoms. The predicted octanol–water partition coefficient (Wildman–Crippen LogP) is 3.21. The molecule has 0 saturated heterocycles. The largest absolute Gasteiger partial charge is 0.496 e. The van der Waals surface area contributed by atoms with Crippen molar-refractivity contribution in [2.24, 2.45) is 0 Å². The van der Waals surface area contributed by atoms with Crippen LogP contribution >= 0.6 is 15.9 Å². The lowest BCUT2D eigenvalue weighted by atomic mass is 10.2. The summed E-state index contributed by atoms with van der Waals surface area (Å²) in [4.78, 5) is 12.2. The number of carbonyl (C=O) groups is 1. The third kappa shape index (κ3) is 4.80. The number of rotatable bonds is 6. The highest BCUT2D eigenvalue weighted by Crippen LogP contribution is 2.22. The van der Waals surface area contributed by atoms with E-state index in [1.807, 2.05) is 0 Å². The lowest BCUT2D eigenvalue weighted by molar-refractivity contribution is -0.117. The van der Waals surface area contributed by atoms with E-state index in [1.165, 1.54) is 44.4 Å². The van der Waals surface area contributed by atoms with Crippen LogP contribution in [0.5, 0.6) is 5.75 Å². The van der Waals surface area contributed by atoms with E-state index in [0.717, 1.165) is 0 Å². The number of hydrogen-bond acceptors (Lipinski definition) is 4. The van der Waals surface area contributed by atoms with E-state index < -0.39 is 27.8 Å². The van der Waals surface area contributed by atoms with Crippen LogP contribution in [-0.2, 0) is 14.8 Å². The molecule has 2 aromatic carbocycles. The zero-order chi connectivity index (χ0) is 19.5. The number of nitrogens with one attached hydrogen (secondary N) is 2. The Labute approximate surface area is 159 Å². The van der Waals surface area contributed by atoms with Gasteiger partial charge in [-0.15, -0.1) is 0 Å². The number of aryl methyl sites for hydroxylation is 1. The summed E-state index contributed by atoms with van der Waals surface area (Å²) >= 11 is 3.12. The molecule has 0 radical (unpaired) electrons. The third-order valence-electron chi connectivity index (χ3n) is 3.59. The number of amides is 1. The van der Waals surface area contributed by atoms with E-state index in [4.69, 9.17) is 4.74 Å². The maximum atomic E-state index is 13.8. The van der Waals surface area contributed by atoms with Crippen LogP contribution in [0, 0.1) is 12.7 Å². The second-order valence-electron chi connectivity index (χ2n) is 5.59. The van der Waals surface area contributed by atoms with Gasteiger partial charge in [-0.3, -0.25) is 4.79 Å². The number of ether oxygens (including phenoxy) is 1. The molecule has 2 aromatic rings. The fraction of sp³-hybridized carbons (Fsp3) is 0.235. The molecule has 6 nitrogen and oxygen atoms in total. The van der Waals surface area contributed by atoms with Gasteiger partial charge in [-0.2, -0.15) is 4.72 Å².